The van der Waals surface area contributed by atoms with Crippen LogP contribution in [0.5, 0.6) is 11.6 Å². The Hall–Kier alpha value is -1.59. The zero-order valence-corrected chi connectivity index (χ0v) is 15.0. The summed E-state index contributed by atoms with van der Waals surface area (Å²) < 4.78 is 11.6. The van der Waals surface area contributed by atoms with Crippen molar-refractivity contribution in [3.05, 3.63) is 50.1 Å². The fourth-order valence-corrected chi connectivity index (χ4v) is 2.97. The molecule has 0 spiro atoms. The summed E-state index contributed by atoms with van der Waals surface area (Å²) in [4.78, 5) is 16.2. The first-order valence-electron chi connectivity index (χ1n) is 6.53. The van der Waals surface area contributed by atoms with Crippen molar-refractivity contribution in [3.8, 4) is 11.6 Å². The van der Waals surface area contributed by atoms with Crippen molar-refractivity contribution in [1.29, 1.82) is 0 Å². The Labute approximate surface area is 142 Å². The average Bonchev–Trinajstić information content (AvgIpc) is 2.45. The molecule has 22 heavy (non-hydrogen) atoms. The van der Waals surface area contributed by atoms with Crippen LogP contribution in [0.4, 0.5) is 0 Å². The van der Waals surface area contributed by atoms with Gasteiger partial charge in [-0.2, -0.15) is 0 Å². The summed E-state index contributed by atoms with van der Waals surface area (Å²) >= 11 is 9.65. The number of nitrogens with zero attached hydrogens (tertiary/aromatic N) is 1. The molecule has 0 radical (unpaired) electrons. The monoisotopic (exact) mass is 383 g/mol. The third-order valence-corrected chi connectivity index (χ3v) is 4.11. The summed E-state index contributed by atoms with van der Waals surface area (Å²) in [5.41, 5.74) is 2.65. The predicted octanol–water partition coefficient (Wildman–Crippen LogP) is 5.00. The van der Waals surface area contributed by atoms with E-state index in [4.69, 9.17) is 21.1 Å². The zero-order chi connectivity index (χ0) is 16.4. The van der Waals surface area contributed by atoms with E-state index in [0.29, 0.717) is 11.3 Å². The van der Waals surface area contributed by atoms with Gasteiger partial charge in [0, 0.05) is 10.7 Å². The lowest BCUT2D eigenvalue weighted by Gasteiger charge is -2.15. The van der Waals surface area contributed by atoms with Crippen LogP contribution in [0.1, 0.15) is 27.0 Å². The van der Waals surface area contributed by atoms with E-state index < -0.39 is 5.97 Å². The largest absolute Gasteiger partial charge is 0.465 e. The molecule has 0 aliphatic heterocycles. The molecule has 0 aliphatic rings. The normalized spacial score (nSPS) is 10.5. The van der Waals surface area contributed by atoms with Gasteiger partial charge in [-0.05, 0) is 49.6 Å². The number of aryl methyl sites for hydroxylation is 3. The van der Waals surface area contributed by atoms with E-state index in [0.717, 1.165) is 15.6 Å². The highest BCUT2D eigenvalue weighted by Crippen LogP contribution is 2.35. The van der Waals surface area contributed by atoms with E-state index in [2.05, 4.69) is 20.9 Å². The van der Waals surface area contributed by atoms with Gasteiger partial charge in [-0.15, -0.1) is 0 Å². The summed E-state index contributed by atoms with van der Waals surface area (Å²) in [5, 5.41) is 0.282. The van der Waals surface area contributed by atoms with E-state index in [1.165, 1.54) is 7.11 Å². The minimum absolute atomic E-state index is 0.130. The van der Waals surface area contributed by atoms with Crippen molar-refractivity contribution in [2.75, 3.05) is 7.11 Å². The first-order chi connectivity index (χ1) is 10.3. The fourth-order valence-electron chi connectivity index (χ4n) is 2.08. The van der Waals surface area contributed by atoms with Crippen LogP contribution in [0.15, 0.2) is 22.8 Å². The van der Waals surface area contributed by atoms with E-state index in [1.54, 1.807) is 13.1 Å². The first-order valence-corrected chi connectivity index (χ1v) is 7.70. The number of carbonyl (C=O) groups is 1. The highest BCUT2D eigenvalue weighted by molar-refractivity contribution is 9.10. The van der Waals surface area contributed by atoms with Crippen molar-refractivity contribution in [1.82, 2.24) is 4.98 Å². The Kier molecular flexibility index (Phi) is 5.08. The van der Waals surface area contributed by atoms with Crippen LogP contribution in [-0.2, 0) is 4.74 Å². The number of halogens is 2. The minimum atomic E-state index is -0.580. The van der Waals surface area contributed by atoms with Gasteiger partial charge >= 0.3 is 5.97 Å². The molecule has 1 aromatic carbocycles. The van der Waals surface area contributed by atoms with E-state index in [1.807, 2.05) is 26.0 Å². The maximum absolute atomic E-state index is 12.0. The quantitative estimate of drug-likeness (QED) is 0.699. The standard InChI is InChI=1S/C16H15BrClNO3/c1-8-5-11(17)6-9(2)14(8)22-15-12(16(20)21-4)13(18)10(3)7-19-15/h5-7H,1-4H3. The van der Waals surface area contributed by atoms with Gasteiger partial charge in [0.05, 0.1) is 12.1 Å². The molecule has 0 amide bonds. The van der Waals surface area contributed by atoms with Gasteiger partial charge in [0.15, 0.2) is 0 Å². The third kappa shape index (κ3) is 3.25. The van der Waals surface area contributed by atoms with E-state index >= 15 is 0 Å². The van der Waals surface area contributed by atoms with Crippen molar-refractivity contribution in [2.45, 2.75) is 20.8 Å². The molecular weight excluding hydrogens is 370 g/mol. The van der Waals surface area contributed by atoms with Crippen molar-refractivity contribution in [3.63, 3.8) is 0 Å². The molecule has 116 valence electrons. The second-order valence-corrected chi connectivity index (χ2v) is 6.19. The van der Waals surface area contributed by atoms with E-state index in [-0.39, 0.29) is 16.5 Å². The number of ether oxygens (including phenoxy) is 2. The second-order valence-electron chi connectivity index (χ2n) is 4.90. The Bertz CT molecular complexity index is 723. The number of carbonyl (C=O) groups excluding carboxylic acids is 1. The molecule has 0 atom stereocenters. The van der Waals surface area contributed by atoms with Gasteiger partial charge in [-0.25, -0.2) is 9.78 Å². The zero-order valence-electron chi connectivity index (χ0n) is 12.7. The van der Waals surface area contributed by atoms with E-state index in [9.17, 15) is 4.79 Å². The molecule has 0 aliphatic carbocycles. The van der Waals surface area contributed by atoms with Gasteiger partial charge < -0.3 is 9.47 Å². The molecule has 0 unspecified atom stereocenters. The fraction of sp³-hybridized carbons (Fsp3) is 0.250. The van der Waals surface area contributed by atoms with Gasteiger partial charge in [0.2, 0.25) is 5.88 Å². The highest BCUT2D eigenvalue weighted by Gasteiger charge is 2.22. The number of hydrogen-bond acceptors (Lipinski definition) is 4. The molecule has 2 aromatic rings. The van der Waals surface area contributed by atoms with Crippen LogP contribution in [0, 0.1) is 20.8 Å². The summed E-state index contributed by atoms with van der Waals surface area (Å²) in [6, 6.07) is 3.85. The van der Waals surface area contributed by atoms with Crippen molar-refractivity contribution >= 4 is 33.5 Å². The Morgan fingerprint density at radius 1 is 1.18 bits per heavy atom. The Morgan fingerprint density at radius 3 is 2.32 bits per heavy atom. The molecule has 4 nitrogen and oxygen atoms in total. The molecule has 0 saturated carbocycles. The molecule has 2 rings (SSSR count). The van der Waals surface area contributed by atoms with Crippen LogP contribution in [0.25, 0.3) is 0 Å². The van der Waals surface area contributed by atoms with Gasteiger partial charge in [0.25, 0.3) is 0 Å². The van der Waals surface area contributed by atoms with Gasteiger partial charge in [-0.3, -0.25) is 0 Å². The number of pyridine rings is 1. The van der Waals surface area contributed by atoms with Crippen LogP contribution in [0.2, 0.25) is 5.02 Å². The second kappa shape index (κ2) is 6.67. The molecule has 0 bridgehead atoms. The lowest BCUT2D eigenvalue weighted by Crippen LogP contribution is -2.08. The molecule has 6 heteroatoms. The summed E-state index contributed by atoms with van der Waals surface area (Å²) in [6.45, 7) is 5.60. The molecule has 0 fully saturated rings. The number of methoxy groups -OCH3 is 1. The number of rotatable bonds is 3. The Balaban J connectivity index is 2.55. The number of esters is 1. The molecule has 0 N–H and O–H groups in total. The third-order valence-electron chi connectivity index (χ3n) is 3.17. The smallest absolute Gasteiger partial charge is 0.344 e. The van der Waals surface area contributed by atoms with Crippen LogP contribution in [-0.4, -0.2) is 18.1 Å². The predicted molar refractivity (Wildman–Crippen MR) is 89.0 cm³/mol. The van der Waals surface area contributed by atoms with Crippen LogP contribution in [0.3, 0.4) is 0 Å². The minimum Gasteiger partial charge on any atom is -0.465 e. The first kappa shape index (κ1) is 16.8. The van der Waals surface area contributed by atoms with Gasteiger partial charge in [0.1, 0.15) is 11.3 Å². The van der Waals surface area contributed by atoms with Crippen LogP contribution < -0.4 is 4.74 Å². The summed E-state index contributed by atoms with van der Waals surface area (Å²) in [5.74, 6) is 0.195. The van der Waals surface area contributed by atoms with Crippen LogP contribution >= 0.6 is 27.5 Å². The highest BCUT2D eigenvalue weighted by atomic mass is 79.9. The lowest BCUT2D eigenvalue weighted by molar-refractivity contribution is 0.0597. The van der Waals surface area contributed by atoms with Crippen molar-refractivity contribution < 1.29 is 14.3 Å². The molecular formula is C16H15BrClNO3. The maximum Gasteiger partial charge on any atom is 0.344 e. The SMILES string of the molecule is COC(=O)c1c(Oc2c(C)cc(Br)cc2C)ncc(C)c1Cl. The number of aromatic nitrogens is 1. The molecule has 1 aromatic heterocycles. The average molecular weight is 385 g/mol. The Morgan fingerprint density at radius 2 is 1.77 bits per heavy atom. The number of benzene rings is 1. The lowest BCUT2D eigenvalue weighted by atomic mass is 10.1. The molecule has 0 saturated heterocycles. The number of hydrogen-bond donors (Lipinski definition) is 0. The topological polar surface area (TPSA) is 48.4 Å². The summed E-state index contributed by atoms with van der Waals surface area (Å²) in [6.07, 6.45) is 1.56. The molecule has 1 heterocycles. The van der Waals surface area contributed by atoms with Gasteiger partial charge in [-0.1, -0.05) is 27.5 Å². The maximum atomic E-state index is 12.0. The van der Waals surface area contributed by atoms with Crippen molar-refractivity contribution in [2.24, 2.45) is 0 Å². The summed E-state index contributed by atoms with van der Waals surface area (Å²) in [7, 11) is 1.29.